The van der Waals surface area contributed by atoms with E-state index in [1.807, 2.05) is 0 Å². The van der Waals surface area contributed by atoms with E-state index in [-0.39, 0.29) is 15.6 Å². The molecule has 2 rings (SSSR count). The van der Waals surface area contributed by atoms with Gasteiger partial charge in [-0.15, -0.1) is 0 Å². The van der Waals surface area contributed by atoms with Gasteiger partial charge in [0.05, 0.1) is 5.02 Å². The highest BCUT2D eigenvalue weighted by Gasteiger charge is 2.43. The molecule has 2 nitrogen and oxygen atoms in total. The van der Waals surface area contributed by atoms with Gasteiger partial charge in [0, 0.05) is 10.6 Å². The zero-order chi connectivity index (χ0) is 11.8. The van der Waals surface area contributed by atoms with Crippen LogP contribution >= 0.6 is 23.2 Å². The monoisotopic (exact) mass is 259 g/mol. The van der Waals surface area contributed by atoms with Crippen LogP contribution in [-0.4, -0.2) is 6.08 Å². The minimum absolute atomic E-state index is 0.00762. The first kappa shape index (κ1) is 11.6. The van der Waals surface area contributed by atoms with Crippen molar-refractivity contribution >= 4 is 29.3 Å². The standard InChI is InChI=1S/C11H8Cl2FNO/c12-7-2-3-8(13)10(14)9(7)11(15-6-16)4-1-5-11/h2-3H,1,4-5H2. The van der Waals surface area contributed by atoms with E-state index in [1.165, 1.54) is 18.2 Å². The van der Waals surface area contributed by atoms with Crippen LogP contribution in [-0.2, 0) is 10.3 Å². The number of hydrogen-bond donors (Lipinski definition) is 0. The highest BCUT2D eigenvalue weighted by Crippen LogP contribution is 2.49. The first-order chi connectivity index (χ1) is 7.60. The summed E-state index contributed by atoms with van der Waals surface area (Å²) >= 11 is 11.6. The van der Waals surface area contributed by atoms with Crippen molar-refractivity contribution in [2.24, 2.45) is 4.99 Å². The van der Waals surface area contributed by atoms with Gasteiger partial charge >= 0.3 is 0 Å². The topological polar surface area (TPSA) is 29.4 Å². The summed E-state index contributed by atoms with van der Waals surface area (Å²) < 4.78 is 13.9. The molecule has 0 aromatic heterocycles. The molecule has 0 amide bonds. The Kier molecular flexibility index (Phi) is 3.02. The molecule has 0 heterocycles. The number of isocyanates is 1. The molecule has 1 saturated carbocycles. The fourth-order valence-electron chi connectivity index (χ4n) is 1.97. The summed E-state index contributed by atoms with van der Waals surface area (Å²) in [7, 11) is 0. The van der Waals surface area contributed by atoms with Gasteiger partial charge in [0.2, 0.25) is 6.08 Å². The van der Waals surface area contributed by atoms with Gasteiger partial charge in [-0.05, 0) is 31.4 Å². The molecule has 0 unspecified atom stereocenters. The molecule has 16 heavy (non-hydrogen) atoms. The maximum Gasteiger partial charge on any atom is 0.235 e. The quantitative estimate of drug-likeness (QED) is 0.451. The Morgan fingerprint density at radius 2 is 1.94 bits per heavy atom. The molecule has 0 spiro atoms. The lowest BCUT2D eigenvalue weighted by molar-refractivity contribution is 0.247. The maximum atomic E-state index is 13.9. The highest BCUT2D eigenvalue weighted by molar-refractivity contribution is 6.33. The van der Waals surface area contributed by atoms with E-state index in [0.717, 1.165) is 6.42 Å². The van der Waals surface area contributed by atoms with Gasteiger partial charge in [-0.3, -0.25) is 0 Å². The van der Waals surface area contributed by atoms with Gasteiger partial charge in [0.1, 0.15) is 11.4 Å². The van der Waals surface area contributed by atoms with Gasteiger partial charge < -0.3 is 0 Å². The van der Waals surface area contributed by atoms with Gasteiger partial charge in [-0.1, -0.05) is 23.2 Å². The van der Waals surface area contributed by atoms with Crippen molar-refractivity contribution < 1.29 is 9.18 Å². The van der Waals surface area contributed by atoms with Gasteiger partial charge in [-0.25, -0.2) is 9.18 Å². The van der Waals surface area contributed by atoms with Crippen molar-refractivity contribution in [2.45, 2.75) is 24.8 Å². The first-order valence-electron chi connectivity index (χ1n) is 4.84. The highest BCUT2D eigenvalue weighted by atomic mass is 35.5. The fourth-order valence-corrected chi connectivity index (χ4v) is 2.45. The van der Waals surface area contributed by atoms with Crippen LogP contribution in [0.4, 0.5) is 4.39 Å². The molecule has 1 fully saturated rings. The van der Waals surface area contributed by atoms with Gasteiger partial charge in [0.25, 0.3) is 0 Å². The predicted octanol–water partition coefficient (Wildman–Crippen LogP) is 3.85. The Morgan fingerprint density at radius 1 is 1.31 bits per heavy atom. The van der Waals surface area contributed by atoms with Crippen molar-refractivity contribution in [3.05, 3.63) is 33.6 Å². The van der Waals surface area contributed by atoms with E-state index in [4.69, 9.17) is 23.2 Å². The number of halogens is 3. The number of nitrogens with zero attached hydrogens (tertiary/aromatic N) is 1. The second kappa shape index (κ2) is 4.17. The molecule has 0 N–H and O–H groups in total. The molecule has 0 atom stereocenters. The molecule has 1 aromatic carbocycles. The van der Waals surface area contributed by atoms with Crippen LogP contribution in [0.3, 0.4) is 0 Å². The van der Waals surface area contributed by atoms with Crippen LogP contribution < -0.4 is 0 Å². The summed E-state index contributed by atoms with van der Waals surface area (Å²) in [6, 6.07) is 2.91. The first-order valence-corrected chi connectivity index (χ1v) is 5.59. The average Bonchev–Trinajstić information content (AvgIpc) is 2.20. The summed E-state index contributed by atoms with van der Waals surface area (Å²) in [5.41, 5.74) is -0.635. The summed E-state index contributed by atoms with van der Waals surface area (Å²) in [5, 5.41) is 0.243. The second-order valence-electron chi connectivity index (χ2n) is 3.81. The molecule has 0 aliphatic heterocycles. The van der Waals surface area contributed by atoms with E-state index in [0.29, 0.717) is 12.8 Å². The van der Waals surface area contributed by atoms with Gasteiger partial charge in [0.15, 0.2) is 0 Å². The Labute approximate surface area is 102 Å². The molecule has 1 aliphatic carbocycles. The summed E-state index contributed by atoms with van der Waals surface area (Å²) in [6.45, 7) is 0. The Morgan fingerprint density at radius 3 is 2.44 bits per heavy atom. The van der Waals surface area contributed by atoms with Crippen LogP contribution in [0.25, 0.3) is 0 Å². The Bertz CT molecular complexity index is 479. The minimum Gasteiger partial charge on any atom is -0.211 e. The van der Waals surface area contributed by atoms with Crippen molar-refractivity contribution in [1.29, 1.82) is 0 Å². The zero-order valence-electron chi connectivity index (χ0n) is 8.27. The maximum absolute atomic E-state index is 13.9. The lowest BCUT2D eigenvalue weighted by Crippen LogP contribution is -2.33. The van der Waals surface area contributed by atoms with Crippen molar-refractivity contribution in [2.75, 3.05) is 0 Å². The van der Waals surface area contributed by atoms with Crippen molar-refractivity contribution in [3.63, 3.8) is 0 Å². The van der Waals surface area contributed by atoms with E-state index < -0.39 is 11.4 Å². The molecule has 0 radical (unpaired) electrons. The molecule has 84 valence electrons. The van der Waals surface area contributed by atoms with Crippen molar-refractivity contribution in [3.8, 4) is 0 Å². The Balaban J connectivity index is 2.62. The fraction of sp³-hybridized carbons (Fsp3) is 0.364. The van der Waals surface area contributed by atoms with Crippen LogP contribution in [0.1, 0.15) is 24.8 Å². The van der Waals surface area contributed by atoms with Gasteiger partial charge in [-0.2, -0.15) is 4.99 Å². The molecule has 0 bridgehead atoms. The minimum atomic E-state index is -0.853. The third-order valence-corrected chi connectivity index (χ3v) is 3.56. The number of hydrogen-bond acceptors (Lipinski definition) is 2. The number of carbonyl (C=O) groups excluding carboxylic acids is 1. The summed E-state index contributed by atoms with van der Waals surface area (Å²) in [4.78, 5) is 14.1. The molecule has 1 aromatic rings. The van der Waals surface area contributed by atoms with E-state index >= 15 is 0 Å². The summed E-state index contributed by atoms with van der Waals surface area (Å²) in [6.07, 6.45) is 3.56. The zero-order valence-corrected chi connectivity index (χ0v) is 9.78. The molecular formula is C11H8Cl2FNO. The normalized spacial score (nSPS) is 17.4. The van der Waals surface area contributed by atoms with E-state index in [9.17, 15) is 9.18 Å². The Hall–Kier alpha value is -0.890. The number of benzene rings is 1. The lowest BCUT2D eigenvalue weighted by atomic mass is 9.72. The smallest absolute Gasteiger partial charge is 0.211 e. The lowest BCUT2D eigenvalue weighted by Gasteiger charge is -2.37. The third kappa shape index (κ3) is 1.65. The second-order valence-corrected chi connectivity index (χ2v) is 4.62. The average molecular weight is 260 g/mol. The van der Waals surface area contributed by atoms with Crippen LogP contribution in [0.15, 0.2) is 17.1 Å². The van der Waals surface area contributed by atoms with Crippen LogP contribution in [0.5, 0.6) is 0 Å². The number of rotatable bonds is 2. The molecular weight excluding hydrogens is 252 g/mol. The van der Waals surface area contributed by atoms with Crippen LogP contribution in [0.2, 0.25) is 10.0 Å². The van der Waals surface area contributed by atoms with Crippen molar-refractivity contribution in [1.82, 2.24) is 0 Å². The summed E-state index contributed by atoms with van der Waals surface area (Å²) in [5.74, 6) is -0.590. The molecule has 1 aliphatic rings. The SMILES string of the molecule is O=C=NC1(c2c(Cl)ccc(Cl)c2F)CCC1. The van der Waals surface area contributed by atoms with E-state index in [1.54, 1.807) is 0 Å². The predicted molar refractivity (Wildman–Crippen MR) is 60.1 cm³/mol. The molecule has 5 heteroatoms. The largest absolute Gasteiger partial charge is 0.235 e. The van der Waals surface area contributed by atoms with E-state index in [2.05, 4.69) is 4.99 Å². The van der Waals surface area contributed by atoms with Crippen LogP contribution in [0, 0.1) is 5.82 Å². The number of aliphatic imine (C=N–C) groups is 1. The molecule has 0 saturated heterocycles. The third-order valence-electron chi connectivity index (χ3n) is 2.95.